The zero-order chi connectivity index (χ0) is 32.0. The number of anilines is 1. The molecule has 0 bridgehead atoms. The monoisotopic (exact) mass is 606 g/mol. The molecule has 0 aliphatic carbocycles. The number of para-hydroxylation sites is 2. The van der Waals surface area contributed by atoms with Gasteiger partial charge in [0, 0.05) is 28.8 Å². The SMILES string of the molecule is CCCCCCCCCCCCCCCCCCN1\C(=C/C=C/C=C/C2=Nc3ccccc3C2(C)C)C(C)(C)c2ccccc21. The van der Waals surface area contributed by atoms with Gasteiger partial charge in [0.25, 0.3) is 0 Å². The van der Waals surface area contributed by atoms with Gasteiger partial charge < -0.3 is 4.90 Å². The van der Waals surface area contributed by atoms with E-state index in [1.54, 1.807) is 0 Å². The molecule has 0 atom stereocenters. The first kappa shape index (κ1) is 35.0. The lowest BCUT2D eigenvalue weighted by molar-refractivity contribution is 0.529. The van der Waals surface area contributed by atoms with Gasteiger partial charge in [-0.3, -0.25) is 4.99 Å². The molecule has 2 nitrogen and oxygen atoms in total. The highest BCUT2D eigenvalue weighted by atomic mass is 15.2. The highest BCUT2D eigenvalue weighted by Crippen LogP contribution is 2.47. The second-order valence-electron chi connectivity index (χ2n) is 14.5. The van der Waals surface area contributed by atoms with E-state index in [-0.39, 0.29) is 10.8 Å². The summed E-state index contributed by atoms with van der Waals surface area (Å²) in [7, 11) is 0. The Labute approximate surface area is 276 Å². The van der Waals surface area contributed by atoms with Gasteiger partial charge >= 0.3 is 0 Å². The molecule has 0 saturated heterocycles. The highest BCUT2D eigenvalue weighted by Gasteiger charge is 2.39. The van der Waals surface area contributed by atoms with Crippen LogP contribution in [0.15, 0.2) is 89.6 Å². The number of hydrogen-bond acceptors (Lipinski definition) is 2. The Morgan fingerprint density at radius 1 is 0.578 bits per heavy atom. The summed E-state index contributed by atoms with van der Waals surface area (Å²) in [4.78, 5) is 7.50. The van der Waals surface area contributed by atoms with Crippen LogP contribution in [-0.4, -0.2) is 12.3 Å². The van der Waals surface area contributed by atoms with E-state index in [2.05, 4.69) is 118 Å². The Morgan fingerprint density at radius 3 is 1.71 bits per heavy atom. The molecule has 0 amide bonds. The van der Waals surface area contributed by atoms with Gasteiger partial charge in [-0.25, -0.2) is 0 Å². The molecule has 0 N–H and O–H groups in total. The first-order valence-corrected chi connectivity index (χ1v) is 18.5. The quantitative estimate of drug-likeness (QED) is 0.108. The maximum Gasteiger partial charge on any atom is 0.0674 e. The molecule has 0 fully saturated rings. The summed E-state index contributed by atoms with van der Waals surface area (Å²) in [6, 6.07) is 17.5. The van der Waals surface area contributed by atoms with E-state index in [0.29, 0.717) is 0 Å². The summed E-state index contributed by atoms with van der Waals surface area (Å²) >= 11 is 0. The van der Waals surface area contributed by atoms with Crippen LogP contribution in [0.25, 0.3) is 0 Å². The van der Waals surface area contributed by atoms with Gasteiger partial charge in [-0.1, -0.05) is 186 Å². The fourth-order valence-corrected chi connectivity index (χ4v) is 7.31. The van der Waals surface area contributed by atoms with E-state index < -0.39 is 0 Å². The molecule has 2 heterocycles. The molecule has 2 aliphatic rings. The number of aliphatic imine (C=N–C) groups is 1. The molecule has 0 saturated carbocycles. The van der Waals surface area contributed by atoms with Crippen molar-refractivity contribution in [3.63, 3.8) is 0 Å². The molecule has 2 aromatic rings. The zero-order valence-electron chi connectivity index (χ0n) is 29.4. The number of allylic oxidation sites excluding steroid dienone is 6. The maximum atomic E-state index is 4.91. The summed E-state index contributed by atoms with van der Waals surface area (Å²) in [5, 5.41) is 0. The molecule has 45 heavy (non-hydrogen) atoms. The summed E-state index contributed by atoms with van der Waals surface area (Å²) < 4.78 is 0. The van der Waals surface area contributed by atoms with Crippen LogP contribution in [0, 0.1) is 0 Å². The van der Waals surface area contributed by atoms with E-state index in [1.807, 2.05) is 0 Å². The Bertz CT molecular complexity index is 1300. The topological polar surface area (TPSA) is 15.6 Å². The van der Waals surface area contributed by atoms with Crippen LogP contribution >= 0.6 is 0 Å². The molecule has 2 heteroatoms. The second kappa shape index (κ2) is 17.7. The minimum atomic E-state index is -0.0573. The maximum absolute atomic E-state index is 4.91. The first-order valence-electron chi connectivity index (χ1n) is 18.5. The van der Waals surface area contributed by atoms with Crippen LogP contribution in [0.1, 0.15) is 148 Å². The van der Waals surface area contributed by atoms with Crippen LogP contribution < -0.4 is 4.90 Å². The van der Waals surface area contributed by atoms with Gasteiger partial charge in [0.2, 0.25) is 0 Å². The van der Waals surface area contributed by atoms with Crippen LogP contribution in [-0.2, 0) is 10.8 Å². The Hall–Kier alpha value is -2.87. The predicted octanol–water partition coefficient (Wildman–Crippen LogP) is 13.1. The van der Waals surface area contributed by atoms with E-state index in [0.717, 1.165) is 17.9 Å². The molecular formula is C43H62N2. The summed E-state index contributed by atoms with van der Waals surface area (Å²) in [6.45, 7) is 12.7. The molecule has 4 rings (SSSR count). The van der Waals surface area contributed by atoms with Gasteiger partial charge in [0.1, 0.15) is 0 Å². The van der Waals surface area contributed by atoms with Crippen LogP contribution in [0.4, 0.5) is 11.4 Å². The number of benzene rings is 2. The first-order chi connectivity index (χ1) is 21.9. The fraction of sp³-hybridized carbons (Fsp3) is 0.558. The van der Waals surface area contributed by atoms with E-state index in [1.165, 1.54) is 125 Å². The smallest absolute Gasteiger partial charge is 0.0674 e. The normalized spacial score (nSPS) is 17.5. The standard InChI is InChI=1S/C43H62N2/c1-6-7-8-9-10-11-12-13-14-15-16-17-18-19-20-28-35-45-39-32-27-25-30-37(39)43(4,5)41(45)34-23-21-22-33-40-42(2,3)36-29-24-26-31-38(36)44-40/h21-27,29-34H,6-20,28,35H2,1-5H3/b23-21+,33-22+,41-34-. The van der Waals surface area contributed by atoms with Gasteiger partial charge in [-0.15, -0.1) is 0 Å². The molecule has 2 aromatic carbocycles. The van der Waals surface area contributed by atoms with Crippen molar-refractivity contribution in [2.24, 2.45) is 4.99 Å². The average molecular weight is 607 g/mol. The lowest BCUT2D eigenvalue weighted by Gasteiger charge is -2.27. The third kappa shape index (κ3) is 9.57. The molecule has 0 unspecified atom stereocenters. The van der Waals surface area contributed by atoms with Crippen molar-refractivity contribution in [3.8, 4) is 0 Å². The Balaban J connectivity index is 1.20. The van der Waals surface area contributed by atoms with Crippen molar-refractivity contribution in [3.05, 3.63) is 95.7 Å². The Morgan fingerprint density at radius 2 is 1.11 bits per heavy atom. The number of nitrogens with zero attached hydrogens (tertiary/aromatic N) is 2. The van der Waals surface area contributed by atoms with E-state index in [4.69, 9.17) is 4.99 Å². The zero-order valence-corrected chi connectivity index (χ0v) is 29.4. The van der Waals surface area contributed by atoms with Crippen LogP contribution in [0.5, 0.6) is 0 Å². The predicted molar refractivity (Wildman–Crippen MR) is 199 cm³/mol. The minimum Gasteiger partial charge on any atom is -0.344 e. The van der Waals surface area contributed by atoms with Crippen molar-refractivity contribution < 1.29 is 0 Å². The molecule has 0 aromatic heterocycles. The summed E-state index contributed by atoms with van der Waals surface area (Å²) in [5.41, 5.74) is 7.71. The third-order valence-corrected chi connectivity index (χ3v) is 10.2. The number of hydrogen-bond donors (Lipinski definition) is 0. The van der Waals surface area contributed by atoms with E-state index >= 15 is 0 Å². The summed E-state index contributed by atoms with van der Waals surface area (Å²) in [6.07, 6.45) is 33.6. The number of unbranched alkanes of at least 4 members (excludes halogenated alkanes) is 15. The average Bonchev–Trinajstić information content (AvgIpc) is 3.42. The van der Waals surface area contributed by atoms with Crippen molar-refractivity contribution in [2.45, 2.75) is 148 Å². The van der Waals surface area contributed by atoms with Crippen molar-refractivity contribution in [1.29, 1.82) is 0 Å². The van der Waals surface area contributed by atoms with E-state index in [9.17, 15) is 0 Å². The molecule has 0 spiro atoms. The van der Waals surface area contributed by atoms with Gasteiger partial charge in [-0.05, 0) is 41.8 Å². The lowest BCUT2D eigenvalue weighted by Crippen LogP contribution is -2.27. The third-order valence-electron chi connectivity index (χ3n) is 10.2. The van der Waals surface area contributed by atoms with Gasteiger partial charge in [0.05, 0.1) is 11.4 Å². The number of fused-ring (bicyclic) bond motifs is 2. The highest BCUT2D eigenvalue weighted by molar-refractivity contribution is 6.08. The molecular weight excluding hydrogens is 544 g/mol. The number of rotatable bonds is 20. The Kier molecular flexibility index (Phi) is 13.8. The fourth-order valence-electron chi connectivity index (χ4n) is 7.31. The van der Waals surface area contributed by atoms with Crippen molar-refractivity contribution in [1.82, 2.24) is 0 Å². The van der Waals surface area contributed by atoms with Gasteiger partial charge in [-0.2, -0.15) is 0 Å². The van der Waals surface area contributed by atoms with Crippen LogP contribution in [0.3, 0.4) is 0 Å². The van der Waals surface area contributed by atoms with Crippen molar-refractivity contribution in [2.75, 3.05) is 11.4 Å². The van der Waals surface area contributed by atoms with Crippen LogP contribution in [0.2, 0.25) is 0 Å². The lowest BCUT2D eigenvalue weighted by atomic mass is 9.81. The summed E-state index contributed by atoms with van der Waals surface area (Å²) in [5.74, 6) is 0. The van der Waals surface area contributed by atoms with Crippen molar-refractivity contribution >= 4 is 17.1 Å². The van der Waals surface area contributed by atoms with Gasteiger partial charge in [0.15, 0.2) is 0 Å². The second-order valence-corrected chi connectivity index (χ2v) is 14.5. The molecule has 244 valence electrons. The molecule has 2 aliphatic heterocycles. The molecule has 0 radical (unpaired) electrons. The minimum absolute atomic E-state index is 0.00112. The largest absolute Gasteiger partial charge is 0.344 e.